The Morgan fingerprint density at radius 1 is 1.14 bits per heavy atom. The number of carbonyl (C=O) groups is 2. The van der Waals surface area contributed by atoms with Gasteiger partial charge in [-0.1, -0.05) is 48.0 Å². The van der Waals surface area contributed by atoms with E-state index in [4.69, 9.17) is 10.00 Å². The van der Waals surface area contributed by atoms with Crippen molar-refractivity contribution in [3.05, 3.63) is 65.7 Å². The third-order valence-corrected chi connectivity index (χ3v) is 5.74. The number of carbonyl (C=O) groups excluding carboxylic acids is 2. The highest BCUT2D eigenvalue weighted by Gasteiger charge is 2.33. The number of nitrogens with zero attached hydrogens (tertiary/aromatic N) is 2. The Morgan fingerprint density at radius 2 is 1.76 bits per heavy atom. The zero-order valence-electron chi connectivity index (χ0n) is 16.0. The molecule has 1 atom stereocenters. The fraction of sp³-hybridized carbons (Fsp3) is 0.250. The molecule has 29 heavy (non-hydrogen) atoms. The second kappa shape index (κ2) is 9.71. The summed E-state index contributed by atoms with van der Waals surface area (Å²) >= 11 is 0. The number of nitriles is 1. The standard InChI is InChI=1S/C20H21N3O5S/c1-15-8-10-18(11-9-15)29(26,27)23(13-12-21)19(24)16(2)22-20(25)28-14-17-6-4-3-5-7-17/h3-11,16H,13-14H2,1-2H3,(H,22,25)/t16-/m1/s1. The Morgan fingerprint density at radius 3 is 2.34 bits per heavy atom. The van der Waals surface area contributed by atoms with Crippen molar-refractivity contribution in [3.8, 4) is 6.07 Å². The van der Waals surface area contributed by atoms with Crippen molar-refractivity contribution in [2.75, 3.05) is 6.54 Å². The summed E-state index contributed by atoms with van der Waals surface area (Å²) in [5.41, 5.74) is 1.60. The molecule has 2 rings (SSSR count). The maximum atomic E-state index is 12.8. The van der Waals surface area contributed by atoms with Crippen LogP contribution in [-0.4, -0.2) is 37.3 Å². The predicted molar refractivity (Wildman–Crippen MR) is 105 cm³/mol. The van der Waals surface area contributed by atoms with Gasteiger partial charge in [0.25, 0.3) is 15.9 Å². The van der Waals surface area contributed by atoms with E-state index in [2.05, 4.69) is 5.32 Å². The molecule has 0 aliphatic rings. The van der Waals surface area contributed by atoms with Crippen LogP contribution in [0.1, 0.15) is 18.1 Å². The highest BCUT2D eigenvalue weighted by atomic mass is 32.2. The van der Waals surface area contributed by atoms with Gasteiger partial charge < -0.3 is 10.1 Å². The first-order valence-corrected chi connectivity index (χ1v) is 10.2. The van der Waals surface area contributed by atoms with Gasteiger partial charge in [-0.15, -0.1) is 0 Å². The van der Waals surface area contributed by atoms with Gasteiger partial charge in [0.05, 0.1) is 11.0 Å². The van der Waals surface area contributed by atoms with Crippen LogP contribution < -0.4 is 5.32 Å². The molecule has 0 fully saturated rings. The molecule has 0 radical (unpaired) electrons. The number of hydrogen-bond donors (Lipinski definition) is 1. The number of alkyl carbamates (subject to hydrolysis) is 1. The van der Waals surface area contributed by atoms with E-state index in [1.807, 2.05) is 6.07 Å². The molecular formula is C20H21N3O5S. The first kappa shape index (κ1) is 21.9. The highest BCUT2D eigenvalue weighted by molar-refractivity contribution is 7.89. The second-order valence-electron chi connectivity index (χ2n) is 6.25. The Kier molecular flexibility index (Phi) is 7.33. The van der Waals surface area contributed by atoms with E-state index in [0.717, 1.165) is 11.1 Å². The summed E-state index contributed by atoms with van der Waals surface area (Å²) < 4.78 is 31.1. The molecule has 0 heterocycles. The van der Waals surface area contributed by atoms with Crippen LogP contribution >= 0.6 is 0 Å². The molecule has 152 valence electrons. The topological polar surface area (TPSA) is 117 Å². The van der Waals surface area contributed by atoms with Crippen LogP contribution in [0.15, 0.2) is 59.5 Å². The number of sulfonamides is 1. The fourth-order valence-corrected chi connectivity index (χ4v) is 3.76. The van der Waals surface area contributed by atoms with Crippen LogP contribution in [0.5, 0.6) is 0 Å². The lowest BCUT2D eigenvalue weighted by Gasteiger charge is -2.23. The fourth-order valence-electron chi connectivity index (χ4n) is 2.40. The molecule has 0 saturated carbocycles. The Bertz CT molecular complexity index is 999. The van der Waals surface area contributed by atoms with Crippen LogP contribution in [0.25, 0.3) is 0 Å². The van der Waals surface area contributed by atoms with E-state index in [-0.39, 0.29) is 11.5 Å². The van der Waals surface area contributed by atoms with Crippen molar-refractivity contribution in [1.82, 2.24) is 9.62 Å². The van der Waals surface area contributed by atoms with E-state index in [1.54, 1.807) is 49.4 Å². The number of benzene rings is 2. The maximum absolute atomic E-state index is 12.8. The number of hydrogen-bond acceptors (Lipinski definition) is 6. The van der Waals surface area contributed by atoms with Gasteiger partial charge in [-0.2, -0.15) is 5.26 Å². The monoisotopic (exact) mass is 415 g/mol. The number of aryl methyl sites for hydroxylation is 1. The lowest BCUT2D eigenvalue weighted by Crippen LogP contribution is -2.49. The average molecular weight is 415 g/mol. The van der Waals surface area contributed by atoms with Gasteiger partial charge in [0.2, 0.25) is 0 Å². The molecule has 0 spiro atoms. The summed E-state index contributed by atoms with van der Waals surface area (Å²) in [7, 11) is -4.25. The van der Waals surface area contributed by atoms with Crippen molar-refractivity contribution >= 4 is 22.0 Å². The van der Waals surface area contributed by atoms with Crippen molar-refractivity contribution in [3.63, 3.8) is 0 Å². The third-order valence-electron chi connectivity index (χ3n) is 3.99. The van der Waals surface area contributed by atoms with Gasteiger partial charge in [-0.05, 0) is 31.5 Å². The van der Waals surface area contributed by atoms with E-state index in [0.29, 0.717) is 4.31 Å². The molecular weight excluding hydrogens is 394 g/mol. The molecule has 0 bridgehead atoms. The molecule has 1 N–H and O–H groups in total. The summed E-state index contributed by atoms with van der Waals surface area (Å²) in [6, 6.07) is 15.3. The normalized spacial score (nSPS) is 11.8. The largest absolute Gasteiger partial charge is 0.445 e. The Labute approximate surface area is 169 Å². The highest BCUT2D eigenvalue weighted by Crippen LogP contribution is 2.17. The molecule has 9 heteroatoms. The van der Waals surface area contributed by atoms with Crippen molar-refractivity contribution in [2.45, 2.75) is 31.4 Å². The Balaban J connectivity index is 2.08. The lowest BCUT2D eigenvalue weighted by atomic mass is 10.2. The van der Waals surface area contributed by atoms with Gasteiger partial charge >= 0.3 is 6.09 Å². The summed E-state index contributed by atoms with van der Waals surface area (Å²) in [6.45, 7) is 2.43. The summed E-state index contributed by atoms with van der Waals surface area (Å²) in [5.74, 6) is -0.941. The minimum Gasteiger partial charge on any atom is -0.445 e. The minimum atomic E-state index is -4.25. The van der Waals surface area contributed by atoms with Gasteiger partial charge in [0.1, 0.15) is 19.2 Å². The van der Waals surface area contributed by atoms with Gasteiger partial charge in [0, 0.05) is 0 Å². The minimum absolute atomic E-state index is 0.00282. The molecule has 2 aromatic rings. The number of amides is 2. The maximum Gasteiger partial charge on any atom is 0.408 e. The molecule has 0 aromatic heterocycles. The summed E-state index contributed by atoms with van der Waals surface area (Å²) in [5, 5.41) is 11.3. The van der Waals surface area contributed by atoms with Crippen molar-refractivity contribution in [2.24, 2.45) is 0 Å². The van der Waals surface area contributed by atoms with E-state index in [9.17, 15) is 18.0 Å². The van der Waals surface area contributed by atoms with E-state index in [1.165, 1.54) is 19.1 Å². The second-order valence-corrected chi connectivity index (χ2v) is 8.11. The molecule has 2 amide bonds. The Hall–Kier alpha value is -3.38. The molecule has 0 saturated heterocycles. The molecule has 0 unspecified atom stereocenters. The number of nitrogens with one attached hydrogen (secondary N) is 1. The SMILES string of the molecule is Cc1ccc(S(=O)(=O)N(CC#N)C(=O)[C@@H](C)NC(=O)OCc2ccccc2)cc1. The van der Waals surface area contributed by atoms with Crippen LogP contribution in [0.3, 0.4) is 0 Å². The van der Waals surface area contributed by atoms with Gasteiger partial charge in [-0.3, -0.25) is 4.79 Å². The molecule has 0 aliphatic carbocycles. The quantitative estimate of drug-likeness (QED) is 0.694. The smallest absolute Gasteiger partial charge is 0.408 e. The first-order valence-electron chi connectivity index (χ1n) is 8.73. The van der Waals surface area contributed by atoms with Crippen LogP contribution in [0.2, 0.25) is 0 Å². The van der Waals surface area contributed by atoms with Crippen molar-refractivity contribution < 1.29 is 22.7 Å². The zero-order valence-corrected chi connectivity index (χ0v) is 16.8. The molecule has 0 aliphatic heterocycles. The van der Waals surface area contributed by atoms with Gasteiger partial charge in [-0.25, -0.2) is 17.5 Å². The van der Waals surface area contributed by atoms with Gasteiger partial charge in [0.15, 0.2) is 0 Å². The first-order chi connectivity index (χ1) is 13.8. The van der Waals surface area contributed by atoms with Crippen LogP contribution in [0, 0.1) is 18.3 Å². The molecule has 8 nitrogen and oxygen atoms in total. The third kappa shape index (κ3) is 5.80. The average Bonchev–Trinajstić information content (AvgIpc) is 2.71. The van der Waals surface area contributed by atoms with Crippen molar-refractivity contribution in [1.29, 1.82) is 5.26 Å². The lowest BCUT2D eigenvalue weighted by molar-refractivity contribution is -0.127. The van der Waals surface area contributed by atoms with Crippen LogP contribution in [0.4, 0.5) is 4.79 Å². The number of ether oxygens (including phenoxy) is 1. The van der Waals surface area contributed by atoms with E-state index < -0.39 is 34.6 Å². The zero-order chi connectivity index (χ0) is 21.4. The summed E-state index contributed by atoms with van der Waals surface area (Å²) in [6.07, 6.45) is -0.876. The van der Waals surface area contributed by atoms with E-state index >= 15 is 0 Å². The van der Waals surface area contributed by atoms with Crippen LogP contribution in [-0.2, 0) is 26.2 Å². The molecule has 2 aromatic carbocycles. The summed E-state index contributed by atoms with van der Waals surface area (Å²) in [4.78, 5) is 24.5. The predicted octanol–water partition coefficient (Wildman–Crippen LogP) is 2.35. The number of rotatable bonds is 7.